The van der Waals surface area contributed by atoms with Crippen molar-refractivity contribution in [2.75, 3.05) is 25.4 Å². The molecule has 0 rings (SSSR count). The van der Waals surface area contributed by atoms with Crippen LogP contribution in [-0.4, -0.2) is 45.9 Å². The summed E-state index contributed by atoms with van der Waals surface area (Å²) in [6.07, 6.45) is 0.615. The molecule has 0 aliphatic carbocycles. The van der Waals surface area contributed by atoms with Crippen LogP contribution in [0, 0.1) is 0 Å². The van der Waals surface area contributed by atoms with E-state index in [2.05, 4.69) is 14.8 Å². The molecule has 0 aromatic heterocycles. The number of carbonyl (C=O) groups excluding carboxylic acids is 1. The summed E-state index contributed by atoms with van der Waals surface area (Å²) in [6, 6.07) is 0.394. The second-order valence-electron chi connectivity index (χ2n) is 4.23. The fourth-order valence-electron chi connectivity index (χ4n) is 1.23. The average Bonchev–Trinajstić information content (AvgIpc) is 2.26. The smallest absolute Gasteiger partial charge is 0.306 e. The standard InChI is InChI=1S/C11H24N2O4S/c1-4-17-11(14)6-9-18(15,16)13-8-5-7-12-10(2)3/h10,12-13H,4-9H2,1-3H3. The molecular formula is C11H24N2O4S. The van der Waals surface area contributed by atoms with Crippen LogP contribution in [0.3, 0.4) is 0 Å². The van der Waals surface area contributed by atoms with Crippen molar-refractivity contribution in [3.05, 3.63) is 0 Å². The van der Waals surface area contributed by atoms with Gasteiger partial charge in [-0.05, 0) is 19.9 Å². The first kappa shape index (κ1) is 17.3. The van der Waals surface area contributed by atoms with Crippen LogP contribution in [0.2, 0.25) is 0 Å². The lowest BCUT2D eigenvalue weighted by atomic mass is 10.3. The lowest BCUT2D eigenvalue weighted by Gasteiger charge is -2.09. The minimum Gasteiger partial charge on any atom is -0.466 e. The molecule has 0 bridgehead atoms. The molecule has 0 saturated carbocycles. The van der Waals surface area contributed by atoms with Gasteiger partial charge in [-0.2, -0.15) is 0 Å². The van der Waals surface area contributed by atoms with Gasteiger partial charge in [0.05, 0.1) is 18.8 Å². The van der Waals surface area contributed by atoms with E-state index in [-0.39, 0.29) is 18.8 Å². The van der Waals surface area contributed by atoms with Gasteiger partial charge in [0.2, 0.25) is 10.0 Å². The topological polar surface area (TPSA) is 84.5 Å². The molecule has 108 valence electrons. The highest BCUT2D eigenvalue weighted by Gasteiger charge is 2.12. The summed E-state index contributed by atoms with van der Waals surface area (Å²) in [5.74, 6) is -0.701. The Morgan fingerprint density at radius 2 is 1.94 bits per heavy atom. The van der Waals surface area contributed by atoms with Crippen LogP contribution < -0.4 is 10.0 Å². The van der Waals surface area contributed by atoms with Crippen molar-refractivity contribution in [2.24, 2.45) is 0 Å². The number of carbonyl (C=O) groups is 1. The highest BCUT2D eigenvalue weighted by molar-refractivity contribution is 7.89. The first-order valence-electron chi connectivity index (χ1n) is 6.23. The van der Waals surface area contributed by atoms with Gasteiger partial charge < -0.3 is 10.1 Å². The third-order valence-electron chi connectivity index (χ3n) is 2.11. The number of ether oxygens (including phenoxy) is 1. The van der Waals surface area contributed by atoms with Crippen LogP contribution in [0.5, 0.6) is 0 Å². The molecule has 0 unspecified atom stereocenters. The quantitative estimate of drug-likeness (QED) is 0.442. The van der Waals surface area contributed by atoms with Gasteiger partial charge >= 0.3 is 5.97 Å². The molecule has 18 heavy (non-hydrogen) atoms. The molecule has 2 N–H and O–H groups in total. The predicted octanol–water partition coefficient (Wildman–Crippen LogP) is 0.247. The molecule has 0 heterocycles. The first-order chi connectivity index (χ1) is 8.37. The molecule has 0 aromatic carbocycles. The first-order valence-corrected chi connectivity index (χ1v) is 7.89. The number of sulfonamides is 1. The Balaban J connectivity index is 3.71. The maximum atomic E-state index is 11.5. The van der Waals surface area contributed by atoms with Crippen molar-refractivity contribution >= 4 is 16.0 Å². The van der Waals surface area contributed by atoms with Crippen LogP contribution in [0.15, 0.2) is 0 Å². The second-order valence-corrected chi connectivity index (χ2v) is 6.16. The fraction of sp³-hybridized carbons (Fsp3) is 0.909. The van der Waals surface area contributed by atoms with Gasteiger partial charge in [-0.15, -0.1) is 0 Å². The largest absolute Gasteiger partial charge is 0.466 e. The van der Waals surface area contributed by atoms with Gasteiger partial charge in [-0.25, -0.2) is 13.1 Å². The monoisotopic (exact) mass is 280 g/mol. The summed E-state index contributed by atoms with van der Waals surface area (Å²) in [5.41, 5.74) is 0. The molecule has 0 atom stereocenters. The lowest BCUT2D eigenvalue weighted by molar-refractivity contribution is -0.142. The summed E-state index contributed by atoms with van der Waals surface area (Å²) < 4.78 is 30.1. The van der Waals surface area contributed by atoms with Crippen LogP contribution in [-0.2, 0) is 19.6 Å². The molecule has 0 aliphatic heterocycles. The molecule has 0 fully saturated rings. The average molecular weight is 280 g/mol. The number of rotatable bonds is 10. The highest BCUT2D eigenvalue weighted by atomic mass is 32.2. The third-order valence-corrected chi connectivity index (χ3v) is 3.49. The number of esters is 1. The highest BCUT2D eigenvalue weighted by Crippen LogP contribution is 1.93. The van der Waals surface area contributed by atoms with Crippen molar-refractivity contribution in [2.45, 2.75) is 39.7 Å². The molecule has 6 nitrogen and oxygen atoms in total. The van der Waals surface area contributed by atoms with E-state index in [1.807, 2.05) is 13.8 Å². The van der Waals surface area contributed by atoms with Gasteiger partial charge in [0.15, 0.2) is 0 Å². The maximum absolute atomic E-state index is 11.5. The van der Waals surface area contributed by atoms with E-state index >= 15 is 0 Å². The maximum Gasteiger partial charge on any atom is 0.306 e. The van der Waals surface area contributed by atoms with E-state index in [1.165, 1.54) is 0 Å². The van der Waals surface area contributed by atoms with Gasteiger partial charge in [-0.3, -0.25) is 4.79 Å². The Hall–Kier alpha value is -0.660. The normalized spacial score (nSPS) is 11.8. The Morgan fingerprint density at radius 3 is 2.50 bits per heavy atom. The van der Waals surface area contributed by atoms with Gasteiger partial charge in [-0.1, -0.05) is 13.8 Å². The number of hydrogen-bond acceptors (Lipinski definition) is 5. The van der Waals surface area contributed by atoms with E-state index in [0.717, 1.165) is 13.0 Å². The molecule has 7 heteroatoms. The molecule has 0 radical (unpaired) electrons. The van der Waals surface area contributed by atoms with Crippen molar-refractivity contribution in [3.63, 3.8) is 0 Å². The van der Waals surface area contributed by atoms with E-state index in [9.17, 15) is 13.2 Å². The Bertz CT molecular complexity index is 328. The zero-order chi connectivity index (χ0) is 14.0. The summed E-state index contributed by atoms with van der Waals surface area (Å²) >= 11 is 0. The van der Waals surface area contributed by atoms with Crippen molar-refractivity contribution in [1.82, 2.24) is 10.0 Å². The molecular weight excluding hydrogens is 256 g/mol. The van der Waals surface area contributed by atoms with Gasteiger partial charge in [0.25, 0.3) is 0 Å². The van der Waals surface area contributed by atoms with Crippen molar-refractivity contribution in [1.29, 1.82) is 0 Å². The summed E-state index contributed by atoms with van der Waals surface area (Å²) in [5, 5.41) is 3.19. The molecule has 0 spiro atoms. The van der Waals surface area contributed by atoms with Crippen LogP contribution in [0.1, 0.15) is 33.6 Å². The SMILES string of the molecule is CCOC(=O)CCS(=O)(=O)NCCCNC(C)C. The Kier molecular flexibility index (Phi) is 8.95. The third kappa shape index (κ3) is 10.5. The fourth-order valence-corrected chi connectivity index (χ4v) is 2.26. The molecule has 0 aromatic rings. The predicted molar refractivity (Wildman–Crippen MR) is 70.8 cm³/mol. The van der Waals surface area contributed by atoms with Crippen LogP contribution in [0.4, 0.5) is 0 Å². The Morgan fingerprint density at radius 1 is 1.28 bits per heavy atom. The zero-order valence-corrected chi connectivity index (χ0v) is 12.2. The zero-order valence-electron chi connectivity index (χ0n) is 11.4. The van der Waals surface area contributed by atoms with E-state index < -0.39 is 16.0 Å². The minimum absolute atomic E-state index is 0.104. The molecule has 0 saturated heterocycles. The van der Waals surface area contributed by atoms with Gasteiger partial charge in [0, 0.05) is 12.6 Å². The minimum atomic E-state index is -3.37. The van der Waals surface area contributed by atoms with Gasteiger partial charge in [0.1, 0.15) is 0 Å². The lowest BCUT2D eigenvalue weighted by Crippen LogP contribution is -2.31. The molecule has 0 aliphatic rings. The van der Waals surface area contributed by atoms with Crippen molar-refractivity contribution < 1.29 is 17.9 Å². The van der Waals surface area contributed by atoms with E-state index in [4.69, 9.17) is 0 Å². The van der Waals surface area contributed by atoms with E-state index in [1.54, 1.807) is 6.92 Å². The van der Waals surface area contributed by atoms with E-state index in [0.29, 0.717) is 12.6 Å². The summed E-state index contributed by atoms with van der Waals surface area (Å²) in [7, 11) is -3.37. The summed E-state index contributed by atoms with van der Waals surface area (Å²) in [4.78, 5) is 11.0. The van der Waals surface area contributed by atoms with Crippen molar-refractivity contribution in [3.8, 4) is 0 Å². The van der Waals surface area contributed by atoms with Crippen LogP contribution in [0.25, 0.3) is 0 Å². The molecule has 0 amide bonds. The van der Waals surface area contributed by atoms with Crippen LogP contribution >= 0.6 is 0 Å². The number of hydrogen-bond donors (Lipinski definition) is 2. The Labute approximate surface area is 110 Å². The second kappa shape index (κ2) is 9.29. The number of nitrogens with one attached hydrogen (secondary N) is 2. The summed E-state index contributed by atoms with van der Waals surface area (Å²) in [6.45, 7) is 7.16.